The molecule has 0 amide bonds. The maximum absolute atomic E-state index is 9.54. The third-order valence-electron chi connectivity index (χ3n) is 3.51. The van der Waals surface area contributed by atoms with Gasteiger partial charge >= 0.3 is 0 Å². The molecule has 0 saturated carbocycles. The van der Waals surface area contributed by atoms with Gasteiger partial charge in [-0.05, 0) is 42.8 Å². The summed E-state index contributed by atoms with van der Waals surface area (Å²) in [5.74, 6) is 0.696. The number of hydrogen-bond donors (Lipinski definition) is 0. The van der Waals surface area contributed by atoms with E-state index >= 15 is 0 Å². The monoisotopic (exact) mass is 307 g/mol. The highest BCUT2D eigenvalue weighted by Crippen LogP contribution is 2.23. The van der Waals surface area contributed by atoms with Crippen LogP contribution in [0.3, 0.4) is 0 Å². The van der Waals surface area contributed by atoms with Crippen LogP contribution in [0.2, 0.25) is 5.02 Å². The highest BCUT2D eigenvalue weighted by Gasteiger charge is 2.13. The highest BCUT2D eigenvalue weighted by molar-refractivity contribution is 6.30. The predicted octanol–water partition coefficient (Wildman–Crippen LogP) is 4.77. The van der Waals surface area contributed by atoms with Crippen LogP contribution in [-0.2, 0) is 6.54 Å². The van der Waals surface area contributed by atoms with E-state index in [2.05, 4.69) is 22.5 Å². The van der Waals surface area contributed by atoms with Crippen molar-refractivity contribution in [2.75, 3.05) is 0 Å². The van der Waals surface area contributed by atoms with E-state index in [-0.39, 0.29) is 0 Å². The first-order valence-electron chi connectivity index (χ1n) is 7.06. The molecule has 0 unspecified atom stereocenters. The summed E-state index contributed by atoms with van der Waals surface area (Å²) in [6.07, 6.45) is 1.84. The molecular weight excluding hydrogens is 294 g/mol. The summed E-state index contributed by atoms with van der Waals surface area (Å²) >= 11 is 5.90. The van der Waals surface area contributed by atoms with Crippen molar-refractivity contribution < 1.29 is 0 Å². The van der Waals surface area contributed by atoms with E-state index in [1.54, 1.807) is 0 Å². The molecule has 0 radical (unpaired) electrons. The molecule has 22 heavy (non-hydrogen) atoms. The molecule has 0 N–H and O–H groups in total. The van der Waals surface area contributed by atoms with Crippen molar-refractivity contribution in [3.05, 3.63) is 64.9 Å². The molecule has 3 rings (SSSR count). The SMILES string of the molecule is CCn1c(/C(C#N)=C/c2ccc(Cl)cc2)nc2ccccc21. The summed E-state index contributed by atoms with van der Waals surface area (Å²) in [6.45, 7) is 2.81. The fraction of sp³-hybridized carbons (Fsp3) is 0.111. The molecule has 0 fully saturated rings. The maximum atomic E-state index is 9.54. The largest absolute Gasteiger partial charge is 0.324 e. The average molecular weight is 308 g/mol. The van der Waals surface area contributed by atoms with Crippen LogP contribution in [0.5, 0.6) is 0 Å². The topological polar surface area (TPSA) is 41.6 Å². The van der Waals surface area contributed by atoms with Crippen molar-refractivity contribution in [2.45, 2.75) is 13.5 Å². The number of para-hydroxylation sites is 2. The number of fused-ring (bicyclic) bond motifs is 1. The lowest BCUT2D eigenvalue weighted by Crippen LogP contribution is -2.00. The van der Waals surface area contributed by atoms with Crippen molar-refractivity contribution in [3.8, 4) is 6.07 Å². The van der Waals surface area contributed by atoms with E-state index in [0.29, 0.717) is 16.4 Å². The van der Waals surface area contributed by atoms with Crippen molar-refractivity contribution in [1.82, 2.24) is 9.55 Å². The van der Waals surface area contributed by atoms with E-state index in [1.165, 1.54) is 0 Å². The number of halogens is 1. The summed E-state index contributed by atoms with van der Waals surface area (Å²) in [5.41, 5.74) is 3.41. The van der Waals surface area contributed by atoms with Gasteiger partial charge in [-0.3, -0.25) is 0 Å². The van der Waals surface area contributed by atoms with Crippen LogP contribution in [0.4, 0.5) is 0 Å². The standard InChI is InChI=1S/C18H14ClN3/c1-2-22-17-6-4-3-5-16(17)21-18(22)14(12-20)11-13-7-9-15(19)10-8-13/h3-11H,2H2,1H3/b14-11+. The van der Waals surface area contributed by atoms with Crippen LogP contribution in [0.15, 0.2) is 48.5 Å². The van der Waals surface area contributed by atoms with Gasteiger partial charge in [-0.25, -0.2) is 4.98 Å². The summed E-state index contributed by atoms with van der Waals surface area (Å²) in [4.78, 5) is 4.61. The van der Waals surface area contributed by atoms with Crippen LogP contribution in [0.1, 0.15) is 18.3 Å². The Balaban J connectivity index is 2.15. The zero-order valence-electron chi connectivity index (χ0n) is 12.1. The van der Waals surface area contributed by atoms with Gasteiger partial charge in [0.25, 0.3) is 0 Å². The van der Waals surface area contributed by atoms with Crippen LogP contribution in [-0.4, -0.2) is 9.55 Å². The molecule has 3 aromatic rings. The number of aromatic nitrogens is 2. The van der Waals surface area contributed by atoms with Crippen molar-refractivity contribution >= 4 is 34.3 Å². The number of aryl methyl sites for hydroxylation is 1. The number of allylic oxidation sites excluding steroid dienone is 1. The molecule has 0 aliphatic heterocycles. The van der Waals surface area contributed by atoms with E-state index in [9.17, 15) is 5.26 Å². The van der Waals surface area contributed by atoms with Gasteiger partial charge in [0.2, 0.25) is 0 Å². The number of hydrogen-bond acceptors (Lipinski definition) is 2. The van der Waals surface area contributed by atoms with Gasteiger partial charge < -0.3 is 4.57 Å². The summed E-state index contributed by atoms with van der Waals surface area (Å²) < 4.78 is 2.06. The lowest BCUT2D eigenvalue weighted by atomic mass is 10.1. The quantitative estimate of drug-likeness (QED) is 0.654. The molecule has 0 spiro atoms. The first-order chi connectivity index (χ1) is 10.7. The zero-order valence-corrected chi connectivity index (χ0v) is 12.9. The first kappa shape index (κ1) is 14.4. The maximum Gasteiger partial charge on any atom is 0.151 e. The lowest BCUT2D eigenvalue weighted by Gasteiger charge is -2.05. The van der Waals surface area contributed by atoms with E-state index < -0.39 is 0 Å². The summed E-state index contributed by atoms with van der Waals surface area (Å²) in [7, 11) is 0. The number of rotatable bonds is 3. The second kappa shape index (κ2) is 6.05. The first-order valence-corrected chi connectivity index (χ1v) is 7.43. The Bertz CT molecular complexity index is 883. The van der Waals surface area contributed by atoms with Gasteiger partial charge in [0.1, 0.15) is 6.07 Å². The fourth-order valence-electron chi connectivity index (χ4n) is 2.47. The molecule has 1 heterocycles. The third-order valence-corrected chi connectivity index (χ3v) is 3.77. The minimum atomic E-state index is 0.542. The Hall–Kier alpha value is -2.57. The number of nitrogens with zero attached hydrogens (tertiary/aromatic N) is 3. The van der Waals surface area contributed by atoms with E-state index in [1.807, 2.05) is 54.6 Å². The molecule has 0 saturated heterocycles. The molecule has 3 nitrogen and oxygen atoms in total. The van der Waals surface area contributed by atoms with Crippen LogP contribution >= 0.6 is 11.6 Å². The summed E-state index contributed by atoms with van der Waals surface area (Å²) in [6, 6.07) is 17.6. The van der Waals surface area contributed by atoms with Gasteiger partial charge in [0, 0.05) is 11.6 Å². The van der Waals surface area contributed by atoms with E-state index in [0.717, 1.165) is 23.1 Å². The normalized spacial score (nSPS) is 11.6. The highest BCUT2D eigenvalue weighted by atomic mass is 35.5. The molecule has 0 aliphatic carbocycles. The number of benzene rings is 2. The molecular formula is C18H14ClN3. The average Bonchev–Trinajstić information content (AvgIpc) is 2.92. The molecule has 1 aromatic heterocycles. The van der Waals surface area contributed by atoms with Gasteiger partial charge in [0.05, 0.1) is 16.6 Å². The van der Waals surface area contributed by atoms with Crippen LogP contribution in [0.25, 0.3) is 22.7 Å². The zero-order chi connectivity index (χ0) is 15.5. The fourth-order valence-corrected chi connectivity index (χ4v) is 2.60. The van der Waals surface area contributed by atoms with Gasteiger partial charge in [-0.1, -0.05) is 35.9 Å². The minimum absolute atomic E-state index is 0.542. The van der Waals surface area contributed by atoms with Gasteiger partial charge in [0.15, 0.2) is 5.82 Å². The predicted molar refractivity (Wildman–Crippen MR) is 90.3 cm³/mol. The second-order valence-corrected chi connectivity index (χ2v) is 5.33. The van der Waals surface area contributed by atoms with Crippen molar-refractivity contribution in [3.63, 3.8) is 0 Å². The Morgan fingerprint density at radius 2 is 1.95 bits per heavy atom. The third kappa shape index (κ3) is 2.61. The minimum Gasteiger partial charge on any atom is -0.324 e. The molecule has 0 aliphatic rings. The number of nitriles is 1. The second-order valence-electron chi connectivity index (χ2n) is 4.89. The number of imidazole rings is 1. The smallest absolute Gasteiger partial charge is 0.151 e. The van der Waals surface area contributed by atoms with Crippen molar-refractivity contribution in [2.24, 2.45) is 0 Å². The van der Waals surface area contributed by atoms with Crippen LogP contribution < -0.4 is 0 Å². The molecule has 0 atom stereocenters. The van der Waals surface area contributed by atoms with Crippen molar-refractivity contribution in [1.29, 1.82) is 5.26 Å². The van der Waals surface area contributed by atoms with Gasteiger partial charge in [-0.2, -0.15) is 5.26 Å². The molecule has 4 heteroatoms. The molecule has 108 valence electrons. The van der Waals surface area contributed by atoms with Gasteiger partial charge in [-0.15, -0.1) is 0 Å². The Morgan fingerprint density at radius 1 is 1.23 bits per heavy atom. The molecule has 0 bridgehead atoms. The Morgan fingerprint density at radius 3 is 2.64 bits per heavy atom. The molecule has 2 aromatic carbocycles. The lowest BCUT2D eigenvalue weighted by molar-refractivity contribution is 0.775. The Labute approximate surface area is 134 Å². The Kier molecular flexibility index (Phi) is 3.95. The van der Waals surface area contributed by atoms with E-state index in [4.69, 9.17) is 11.6 Å². The van der Waals surface area contributed by atoms with Crippen LogP contribution in [0, 0.1) is 11.3 Å². The summed E-state index contributed by atoms with van der Waals surface area (Å²) in [5, 5.41) is 10.2.